The molecule has 0 amide bonds. The molecular formula is C23H26FN3O3S. The van der Waals surface area contributed by atoms with Crippen molar-refractivity contribution in [1.29, 1.82) is 0 Å². The normalized spacial score (nSPS) is 15.5. The van der Waals surface area contributed by atoms with E-state index >= 15 is 0 Å². The molecule has 1 aliphatic rings. The first-order valence-electron chi connectivity index (χ1n) is 10.1. The average Bonchev–Trinajstić information content (AvgIpc) is 3.19. The molecule has 6 nitrogen and oxygen atoms in total. The molecule has 2 heterocycles. The number of sulfonamides is 1. The Hall–Kier alpha value is -2.68. The number of hydrogen-bond donors (Lipinski definition) is 1. The fraction of sp³-hybridized carbons (Fsp3) is 0.304. The highest BCUT2D eigenvalue weighted by Crippen LogP contribution is 2.28. The van der Waals surface area contributed by atoms with E-state index in [0.717, 1.165) is 31.3 Å². The van der Waals surface area contributed by atoms with Crippen LogP contribution in [0.3, 0.4) is 0 Å². The smallest absolute Gasteiger partial charge is 0.240 e. The van der Waals surface area contributed by atoms with E-state index in [1.54, 1.807) is 0 Å². The number of benzene rings is 2. The third kappa shape index (κ3) is 4.51. The zero-order chi connectivity index (χ0) is 22.0. The molecule has 1 aliphatic heterocycles. The molecule has 1 N–H and O–H groups in total. The Morgan fingerprint density at radius 3 is 2.58 bits per heavy atom. The van der Waals surface area contributed by atoms with Gasteiger partial charge in [0.2, 0.25) is 10.0 Å². The summed E-state index contributed by atoms with van der Waals surface area (Å²) in [6, 6.07) is 15.8. The van der Waals surface area contributed by atoms with E-state index in [-0.39, 0.29) is 23.2 Å². The van der Waals surface area contributed by atoms with Gasteiger partial charge in [-0.05, 0) is 47.9 Å². The largest absolute Gasteiger partial charge is 0.494 e. The first-order chi connectivity index (χ1) is 14.9. The van der Waals surface area contributed by atoms with Gasteiger partial charge in [0.05, 0.1) is 18.0 Å². The SMILES string of the molecule is COc1ccc(S(=O)(=O)NCC(c2cccn2C)N2CCc3ccccc3C2)cc1F. The van der Waals surface area contributed by atoms with Gasteiger partial charge < -0.3 is 9.30 Å². The number of rotatable bonds is 7. The van der Waals surface area contributed by atoms with E-state index in [2.05, 4.69) is 21.8 Å². The van der Waals surface area contributed by atoms with Gasteiger partial charge in [0.1, 0.15) is 0 Å². The first-order valence-corrected chi connectivity index (χ1v) is 11.6. The van der Waals surface area contributed by atoms with Gasteiger partial charge in [0.15, 0.2) is 11.6 Å². The van der Waals surface area contributed by atoms with Gasteiger partial charge in [0.25, 0.3) is 0 Å². The second-order valence-corrected chi connectivity index (χ2v) is 9.46. The lowest BCUT2D eigenvalue weighted by Crippen LogP contribution is -2.41. The Labute approximate surface area is 182 Å². The molecule has 31 heavy (non-hydrogen) atoms. The fourth-order valence-corrected chi connectivity index (χ4v) is 5.16. The lowest BCUT2D eigenvalue weighted by atomic mass is 9.98. The molecule has 0 saturated carbocycles. The average molecular weight is 444 g/mol. The van der Waals surface area contributed by atoms with Crippen LogP contribution in [0.1, 0.15) is 22.9 Å². The van der Waals surface area contributed by atoms with Gasteiger partial charge >= 0.3 is 0 Å². The van der Waals surface area contributed by atoms with Crippen molar-refractivity contribution in [3.63, 3.8) is 0 Å². The zero-order valence-electron chi connectivity index (χ0n) is 17.6. The number of aryl methyl sites for hydroxylation is 1. The molecule has 0 radical (unpaired) electrons. The van der Waals surface area contributed by atoms with Crippen LogP contribution in [0.2, 0.25) is 0 Å². The maximum absolute atomic E-state index is 14.1. The molecule has 1 atom stereocenters. The van der Waals surface area contributed by atoms with Crippen LogP contribution in [0.25, 0.3) is 0 Å². The van der Waals surface area contributed by atoms with E-state index < -0.39 is 15.8 Å². The minimum Gasteiger partial charge on any atom is -0.494 e. The van der Waals surface area contributed by atoms with E-state index in [4.69, 9.17) is 4.74 Å². The van der Waals surface area contributed by atoms with Crippen molar-refractivity contribution in [1.82, 2.24) is 14.2 Å². The van der Waals surface area contributed by atoms with Crippen LogP contribution in [0.5, 0.6) is 5.75 Å². The van der Waals surface area contributed by atoms with Crippen molar-refractivity contribution >= 4 is 10.0 Å². The van der Waals surface area contributed by atoms with Crippen LogP contribution in [0, 0.1) is 5.82 Å². The summed E-state index contributed by atoms with van der Waals surface area (Å²) < 4.78 is 49.4. The highest BCUT2D eigenvalue weighted by Gasteiger charge is 2.28. The van der Waals surface area contributed by atoms with Gasteiger partial charge in [0, 0.05) is 38.6 Å². The minimum atomic E-state index is -3.89. The maximum atomic E-state index is 14.1. The van der Waals surface area contributed by atoms with Gasteiger partial charge in [-0.2, -0.15) is 0 Å². The van der Waals surface area contributed by atoms with Crippen LogP contribution in [0.15, 0.2) is 65.7 Å². The standard InChI is InChI=1S/C23H26FN3O3S/c1-26-12-5-8-21(26)22(27-13-11-17-6-3-4-7-18(17)16-27)15-25-31(28,29)19-9-10-23(30-2)20(24)14-19/h3-10,12,14,22,25H,11,13,15-16H2,1-2H3. The Kier molecular flexibility index (Phi) is 6.13. The number of fused-ring (bicyclic) bond motifs is 1. The summed E-state index contributed by atoms with van der Waals surface area (Å²) in [5, 5.41) is 0. The summed E-state index contributed by atoms with van der Waals surface area (Å²) >= 11 is 0. The van der Waals surface area contributed by atoms with Crippen LogP contribution >= 0.6 is 0 Å². The molecule has 164 valence electrons. The Bertz CT molecular complexity index is 1180. The Balaban J connectivity index is 1.57. The zero-order valence-corrected chi connectivity index (χ0v) is 18.4. The maximum Gasteiger partial charge on any atom is 0.240 e. The Morgan fingerprint density at radius 1 is 1.13 bits per heavy atom. The second kappa shape index (κ2) is 8.82. The van der Waals surface area contributed by atoms with Crippen molar-refractivity contribution in [2.45, 2.75) is 23.9 Å². The molecule has 1 unspecified atom stereocenters. The van der Waals surface area contributed by atoms with E-state index in [1.165, 1.54) is 30.4 Å². The number of aromatic nitrogens is 1. The number of methoxy groups -OCH3 is 1. The van der Waals surface area contributed by atoms with Crippen LogP contribution < -0.4 is 9.46 Å². The molecule has 3 aromatic rings. The first kappa shape index (κ1) is 21.5. The summed E-state index contributed by atoms with van der Waals surface area (Å²) in [5.74, 6) is -0.704. The van der Waals surface area contributed by atoms with Gasteiger partial charge in [-0.3, -0.25) is 4.90 Å². The van der Waals surface area contributed by atoms with E-state index in [0.29, 0.717) is 0 Å². The third-order valence-electron chi connectivity index (χ3n) is 5.83. The number of hydrogen-bond acceptors (Lipinski definition) is 4. The molecule has 0 bridgehead atoms. The van der Waals surface area contributed by atoms with Gasteiger partial charge in [-0.25, -0.2) is 17.5 Å². The lowest BCUT2D eigenvalue weighted by Gasteiger charge is -2.36. The van der Waals surface area contributed by atoms with Gasteiger partial charge in [-0.1, -0.05) is 24.3 Å². The second-order valence-electron chi connectivity index (χ2n) is 7.70. The van der Waals surface area contributed by atoms with Crippen LogP contribution in [-0.2, 0) is 30.0 Å². The molecular weight excluding hydrogens is 417 g/mol. The molecule has 0 saturated heterocycles. The monoisotopic (exact) mass is 443 g/mol. The predicted molar refractivity (Wildman–Crippen MR) is 117 cm³/mol. The number of nitrogens with one attached hydrogen (secondary N) is 1. The molecule has 0 spiro atoms. The summed E-state index contributed by atoms with van der Waals surface area (Å²) in [6.45, 7) is 1.74. The molecule has 2 aromatic carbocycles. The molecule has 8 heteroatoms. The van der Waals surface area contributed by atoms with E-state index in [1.807, 2.05) is 42.1 Å². The fourth-order valence-electron chi connectivity index (χ4n) is 4.11. The molecule has 0 aliphatic carbocycles. The van der Waals surface area contributed by atoms with Crippen molar-refractivity contribution in [3.8, 4) is 5.75 Å². The number of nitrogens with zero attached hydrogens (tertiary/aromatic N) is 2. The van der Waals surface area contributed by atoms with Crippen molar-refractivity contribution in [2.75, 3.05) is 20.2 Å². The van der Waals surface area contributed by atoms with Gasteiger partial charge in [-0.15, -0.1) is 0 Å². The van der Waals surface area contributed by atoms with Crippen molar-refractivity contribution in [3.05, 3.63) is 83.4 Å². The topological polar surface area (TPSA) is 63.6 Å². The molecule has 4 rings (SSSR count). The minimum absolute atomic E-state index is 0.00705. The quantitative estimate of drug-likeness (QED) is 0.609. The lowest BCUT2D eigenvalue weighted by molar-refractivity contribution is 0.174. The van der Waals surface area contributed by atoms with Crippen molar-refractivity contribution in [2.24, 2.45) is 7.05 Å². The predicted octanol–water partition coefficient (Wildman–Crippen LogP) is 3.25. The summed E-state index contributed by atoms with van der Waals surface area (Å²) in [4.78, 5) is 2.16. The third-order valence-corrected chi connectivity index (χ3v) is 7.25. The highest BCUT2D eigenvalue weighted by molar-refractivity contribution is 7.89. The molecule has 1 aromatic heterocycles. The van der Waals surface area contributed by atoms with E-state index in [9.17, 15) is 12.8 Å². The van der Waals surface area contributed by atoms with Crippen LogP contribution in [-0.4, -0.2) is 38.1 Å². The number of halogens is 1. The highest BCUT2D eigenvalue weighted by atomic mass is 32.2. The summed E-state index contributed by atoms with van der Waals surface area (Å²) in [7, 11) is -0.596. The Morgan fingerprint density at radius 2 is 1.90 bits per heavy atom. The summed E-state index contributed by atoms with van der Waals surface area (Å²) in [6.07, 6.45) is 2.86. The number of ether oxygens (including phenoxy) is 1. The summed E-state index contributed by atoms with van der Waals surface area (Å²) in [5.41, 5.74) is 3.61. The van der Waals surface area contributed by atoms with Crippen molar-refractivity contribution < 1.29 is 17.5 Å². The molecule has 0 fully saturated rings. The van der Waals surface area contributed by atoms with Crippen LogP contribution in [0.4, 0.5) is 4.39 Å².